The van der Waals surface area contributed by atoms with Crippen LogP contribution in [0.5, 0.6) is 0 Å². The fourth-order valence-electron chi connectivity index (χ4n) is 1.91. The Morgan fingerprint density at radius 2 is 2.05 bits per heavy atom. The topological polar surface area (TPSA) is 65.0 Å². The number of hydrogen-bond acceptors (Lipinski definition) is 6. The third kappa shape index (κ3) is 2.58. The van der Waals surface area contributed by atoms with Gasteiger partial charge in [-0.2, -0.15) is 4.98 Å². The minimum atomic E-state index is 0.568. The van der Waals surface area contributed by atoms with Crippen molar-refractivity contribution in [2.75, 3.05) is 0 Å². The Hall–Kier alpha value is -1.95. The molecule has 3 heterocycles. The average Bonchev–Trinajstić information content (AvgIpc) is 3.10. The van der Waals surface area contributed by atoms with Crippen LogP contribution in [-0.4, -0.2) is 15.3 Å². The molecule has 0 aliphatic rings. The molecule has 0 aliphatic heterocycles. The van der Waals surface area contributed by atoms with Crippen LogP contribution >= 0.6 is 11.3 Å². The molecule has 0 fully saturated rings. The van der Waals surface area contributed by atoms with Gasteiger partial charge >= 0.3 is 0 Å². The van der Waals surface area contributed by atoms with E-state index in [1.165, 1.54) is 4.88 Å². The number of hydrogen-bond donors (Lipinski definition) is 0. The van der Waals surface area contributed by atoms with E-state index in [1.54, 1.807) is 11.3 Å². The highest BCUT2D eigenvalue weighted by Crippen LogP contribution is 2.17. The van der Waals surface area contributed by atoms with Crippen molar-refractivity contribution in [3.8, 4) is 0 Å². The van der Waals surface area contributed by atoms with Crippen molar-refractivity contribution in [1.29, 1.82) is 0 Å². The van der Waals surface area contributed by atoms with E-state index in [9.17, 15) is 0 Å². The van der Waals surface area contributed by atoms with Gasteiger partial charge in [0.1, 0.15) is 5.76 Å². The molecule has 0 aliphatic carbocycles. The van der Waals surface area contributed by atoms with Crippen molar-refractivity contribution in [3.63, 3.8) is 0 Å². The lowest BCUT2D eigenvalue weighted by atomic mass is 10.1. The molecule has 6 heteroatoms. The van der Waals surface area contributed by atoms with Gasteiger partial charge in [-0.3, -0.25) is 0 Å². The van der Waals surface area contributed by atoms with Crippen LogP contribution in [0.4, 0.5) is 0 Å². The third-order valence-corrected chi connectivity index (χ3v) is 3.81. The minimum absolute atomic E-state index is 0.568. The van der Waals surface area contributed by atoms with Gasteiger partial charge in [0.05, 0.1) is 12.1 Å². The van der Waals surface area contributed by atoms with Crippen LogP contribution in [0.2, 0.25) is 0 Å². The van der Waals surface area contributed by atoms with Crippen LogP contribution in [0.3, 0.4) is 0 Å². The summed E-state index contributed by atoms with van der Waals surface area (Å²) in [5, 5.41) is 9.96. The van der Waals surface area contributed by atoms with Gasteiger partial charge in [0.25, 0.3) is 0 Å². The predicted octanol–water partition coefficient (Wildman–Crippen LogP) is 2.92. The van der Waals surface area contributed by atoms with Crippen LogP contribution in [0.25, 0.3) is 0 Å². The summed E-state index contributed by atoms with van der Waals surface area (Å²) in [5.74, 6) is 2.11. The van der Waals surface area contributed by atoms with Gasteiger partial charge in [0.15, 0.2) is 5.82 Å². The summed E-state index contributed by atoms with van der Waals surface area (Å²) >= 11 is 1.69. The largest absolute Gasteiger partial charge is 0.361 e. The molecule has 3 rings (SSSR count). The number of rotatable bonds is 4. The molecule has 0 saturated heterocycles. The zero-order chi connectivity index (χ0) is 13.2. The summed E-state index contributed by atoms with van der Waals surface area (Å²) in [4.78, 5) is 5.63. The zero-order valence-electron chi connectivity index (χ0n) is 10.7. The summed E-state index contributed by atoms with van der Waals surface area (Å²) in [6, 6.07) is 4.08. The first-order chi connectivity index (χ1) is 9.22. The Bertz CT molecular complexity index is 650. The maximum Gasteiger partial charge on any atom is 0.231 e. The molecule has 5 nitrogen and oxygen atoms in total. The molecule has 0 saturated carbocycles. The van der Waals surface area contributed by atoms with Gasteiger partial charge in [0, 0.05) is 16.9 Å². The van der Waals surface area contributed by atoms with E-state index in [-0.39, 0.29) is 0 Å². The molecular formula is C13H13N3O2S. The van der Waals surface area contributed by atoms with Crippen molar-refractivity contribution in [2.45, 2.75) is 26.7 Å². The van der Waals surface area contributed by atoms with E-state index >= 15 is 0 Å². The van der Waals surface area contributed by atoms with Crippen molar-refractivity contribution < 1.29 is 9.05 Å². The lowest BCUT2D eigenvalue weighted by Crippen LogP contribution is -1.93. The molecule has 0 amide bonds. The smallest absolute Gasteiger partial charge is 0.231 e. The summed E-state index contributed by atoms with van der Waals surface area (Å²) in [6.45, 7) is 3.80. The molecule has 0 unspecified atom stereocenters. The Balaban J connectivity index is 1.75. The fourth-order valence-corrected chi connectivity index (χ4v) is 2.61. The Kier molecular flexibility index (Phi) is 3.16. The van der Waals surface area contributed by atoms with Gasteiger partial charge in [-0.1, -0.05) is 16.4 Å². The van der Waals surface area contributed by atoms with Gasteiger partial charge in [-0.25, -0.2) is 0 Å². The predicted molar refractivity (Wildman–Crippen MR) is 70.2 cm³/mol. The van der Waals surface area contributed by atoms with Gasteiger partial charge < -0.3 is 9.05 Å². The Labute approximate surface area is 114 Å². The normalized spacial score (nSPS) is 11.1. The van der Waals surface area contributed by atoms with E-state index < -0.39 is 0 Å². The Morgan fingerprint density at radius 1 is 1.16 bits per heavy atom. The quantitative estimate of drug-likeness (QED) is 0.732. The molecule has 0 spiro atoms. The van der Waals surface area contributed by atoms with Crippen molar-refractivity contribution >= 4 is 11.3 Å². The second-order valence-corrected chi connectivity index (χ2v) is 5.37. The third-order valence-electron chi connectivity index (χ3n) is 2.93. The highest BCUT2D eigenvalue weighted by Gasteiger charge is 2.14. The Morgan fingerprint density at radius 3 is 2.74 bits per heavy atom. The van der Waals surface area contributed by atoms with E-state index in [2.05, 4.69) is 21.4 Å². The molecule has 0 bridgehead atoms. The first-order valence-corrected chi connectivity index (χ1v) is 6.86. The van der Waals surface area contributed by atoms with Gasteiger partial charge in [-0.05, 0) is 25.3 Å². The van der Waals surface area contributed by atoms with E-state index in [1.807, 2.05) is 25.3 Å². The lowest BCUT2D eigenvalue weighted by Gasteiger charge is -1.93. The fraction of sp³-hybridized carbons (Fsp3) is 0.308. The van der Waals surface area contributed by atoms with Gasteiger partial charge in [0.2, 0.25) is 5.89 Å². The maximum absolute atomic E-state index is 5.27. The van der Waals surface area contributed by atoms with Crippen molar-refractivity contribution in [3.05, 3.63) is 51.1 Å². The summed E-state index contributed by atoms with van der Waals surface area (Å²) < 4.78 is 10.4. The molecule has 0 atom stereocenters. The molecule has 3 aromatic heterocycles. The lowest BCUT2D eigenvalue weighted by molar-refractivity contribution is 0.377. The highest BCUT2D eigenvalue weighted by atomic mass is 32.1. The summed E-state index contributed by atoms with van der Waals surface area (Å²) in [7, 11) is 0. The molecule has 0 aromatic carbocycles. The summed E-state index contributed by atoms with van der Waals surface area (Å²) in [5.41, 5.74) is 1.89. The SMILES string of the molecule is Cc1noc(C)c1Cc1nc(Cc2cccs2)no1. The van der Waals surface area contributed by atoms with E-state index in [0.29, 0.717) is 24.6 Å². The first-order valence-electron chi connectivity index (χ1n) is 5.98. The van der Waals surface area contributed by atoms with Crippen LogP contribution in [-0.2, 0) is 12.8 Å². The number of thiophene rings is 1. The molecule has 98 valence electrons. The standard InChI is InChI=1S/C13H13N3O2S/c1-8-11(9(2)17-15-8)7-13-14-12(16-18-13)6-10-4-3-5-19-10/h3-5H,6-7H2,1-2H3. The van der Waals surface area contributed by atoms with E-state index in [0.717, 1.165) is 17.0 Å². The molecular weight excluding hydrogens is 262 g/mol. The highest BCUT2D eigenvalue weighted by molar-refractivity contribution is 7.09. The second kappa shape index (κ2) is 4.97. The maximum atomic E-state index is 5.27. The minimum Gasteiger partial charge on any atom is -0.361 e. The number of aromatic nitrogens is 3. The van der Waals surface area contributed by atoms with Crippen LogP contribution in [0.15, 0.2) is 26.6 Å². The summed E-state index contributed by atoms with van der Waals surface area (Å²) in [6.07, 6.45) is 1.28. The number of nitrogens with zero attached hydrogens (tertiary/aromatic N) is 3. The molecule has 0 N–H and O–H groups in total. The zero-order valence-corrected chi connectivity index (χ0v) is 11.5. The van der Waals surface area contributed by atoms with E-state index in [4.69, 9.17) is 9.05 Å². The molecule has 3 aromatic rings. The van der Waals surface area contributed by atoms with Gasteiger partial charge in [-0.15, -0.1) is 11.3 Å². The van der Waals surface area contributed by atoms with Crippen molar-refractivity contribution in [1.82, 2.24) is 15.3 Å². The monoisotopic (exact) mass is 275 g/mol. The second-order valence-electron chi connectivity index (χ2n) is 4.34. The molecule has 0 radical (unpaired) electrons. The average molecular weight is 275 g/mol. The van der Waals surface area contributed by atoms with Crippen LogP contribution < -0.4 is 0 Å². The molecule has 19 heavy (non-hydrogen) atoms. The number of aryl methyl sites for hydroxylation is 2. The van der Waals surface area contributed by atoms with Crippen LogP contribution in [0, 0.1) is 13.8 Å². The first kappa shape index (κ1) is 12.1. The van der Waals surface area contributed by atoms with Crippen LogP contribution in [0.1, 0.15) is 33.6 Å². The van der Waals surface area contributed by atoms with Crippen molar-refractivity contribution in [2.24, 2.45) is 0 Å².